The van der Waals surface area contributed by atoms with Crippen LogP contribution in [-0.4, -0.2) is 28.7 Å². The molecule has 0 radical (unpaired) electrons. The summed E-state index contributed by atoms with van der Waals surface area (Å²) in [4.78, 5) is 8.44. The van der Waals surface area contributed by atoms with Gasteiger partial charge < -0.3 is 15.8 Å². The summed E-state index contributed by atoms with van der Waals surface area (Å²) in [6, 6.07) is 1.87. The van der Waals surface area contributed by atoms with Crippen molar-refractivity contribution in [3.05, 3.63) is 12.4 Å². The molecule has 2 unspecified atom stereocenters. The van der Waals surface area contributed by atoms with Crippen LogP contribution in [0.4, 0.5) is 5.82 Å². The largest absolute Gasteiger partial charge is 0.478 e. The molecule has 2 rings (SSSR count). The first-order chi connectivity index (χ1) is 9.70. The van der Waals surface area contributed by atoms with Crippen LogP contribution in [0.15, 0.2) is 12.4 Å². The van der Waals surface area contributed by atoms with Gasteiger partial charge in [-0.3, -0.25) is 0 Å². The molecule has 1 heterocycles. The highest BCUT2D eigenvalue weighted by Crippen LogP contribution is 2.35. The highest BCUT2D eigenvalue weighted by atomic mass is 16.5. The number of ether oxygens (including phenoxy) is 1. The fraction of sp³-hybridized carbons (Fsp3) is 0.733. The molecule has 1 saturated carbocycles. The van der Waals surface area contributed by atoms with Gasteiger partial charge in [0.25, 0.3) is 0 Å². The fourth-order valence-electron chi connectivity index (χ4n) is 2.90. The highest BCUT2D eigenvalue weighted by molar-refractivity contribution is 5.41. The minimum atomic E-state index is -0.0470. The third kappa shape index (κ3) is 3.39. The fourth-order valence-corrected chi connectivity index (χ4v) is 2.90. The second-order valence-corrected chi connectivity index (χ2v) is 5.72. The summed E-state index contributed by atoms with van der Waals surface area (Å²) >= 11 is 0. The van der Waals surface area contributed by atoms with E-state index in [9.17, 15) is 0 Å². The van der Waals surface area contributed by atoms with Crippen LogP contribution in [0.2, 0.25) is 0 Å². The first-order valence-electron chi connectivity index (χ1n) is 7.63. The summed E-state index contributed by atoms with van der Waals surface area (Å²) in [6.45, 7) is 5.65. The highest BCUT2D eigenvalue weighted by Gasteiger charge is 2.37. The monoisotopic (exact) mass is 278 g/mol. The molecule has 0 saturated heterocycles. The summed E-state index contributed by atoms with van der Waals surface area (Å²) in [5.74, 6) is 1.99. The number of nitrogens with one attached hydrogen (secondary N) is 1. The van der Waals surface area contributed by atoms with Crippen molar-refractivity contribution >= 4 is 5.82 Å². The van der Waals surface area contributed by atoms with Crippen LogP contribution < -0.4 is 15.8 Å². The summed E-state index contributed by atoms with van der Waals surface area (Å²) in [7, 11) is 0. The Morgan fingerprint density at radius 2 is 2.30 bits per heavy atom. The minimum absolute atomic E-state index is 0.0470. The van der Waals surface area contributed by atoms with E-state index in [0.29, 0.717) is 24.9 Å². The third-order valence-corrected chi connectivity index (χ3v) is 4.29. The van der Waals surface area contributed by atoms with Crippen molar-refractivity contribution in [2.75, 3.05) is 18.5 Å². The van der Waals surface area contributed by atoms with Crippen LogP contribution in [0.1, 0.15) is 46.0 Å². The molecule has 3 N–H and O–H groups in total. The van der Waals surface area contributed by atoms with Crippen LogP contribution >= 0.6 is 0 Å². The van der Waals surface area contributed by atoms with Gasteiger partial charge in [0.2, 0.25) is 5.88 Å². The SMILES string of the molecule is CCCOc1cc(NC2(CN)CCCCC2C)ncn1. The summed E-state index contributed by atoms with van der Waals surface area (Å²) < 4.78 is 5.56. The third-order valence-electron chi connectivity index (χ3n) is 4.29. The standard InChI is InChI=1S/C15H26N4O/c1-3-8-20-14-9-13(17-11-18-14)19-15(10-16)7-5-4-6-12(15)2/h9,11-12H,3-8,10,16H2,1-2H3,(H,17,18,19). The van der Waals surface area contributed by atoms with Crippen molar-refractivity contribution in [3.8, 4) is 5.88 Å². The van der Waals surface area contributed by atoms with E-state index in [1.807, 2.05) is 6.07 Å². The molecule has 0 aliphatic heterocycles. The quantitative estimate of drug-likeness (QED) is 0.836. The molecular formula is C15H26N4O. The molecule has 0 aromatic carbocycles. The zero-order valence-corrected chi connectivity index (χ0v) is 12.6. The lowest BCUT2D eigenvalue weighted by atomic mass is 9.73. The van der Waals surface area contributed by atoms with Gasteiger partial charge in [0.15, 0.2) is 0 Å². The van der Waals surface area contributed by atoms with Crippen molar-refractivity contribution in [2.24, 2.45) is 11.7 Å². The van der Waals surface area contributed by atoms with Gasteiger partial charge in [0, 0.05) is 12.6 Å². The van der Waals surface area contributed by atoms with Gasteiger partial charge in [-0.05, 0) is 25.2 Å². The normalized spacial score (nSPS) is 26.2. The van der Waals surface area contributed by atoms with Crippen molar-refractivity contribution in [1.82, 2.24) is 9.97 Å². The van der Waals surface area contributed by atoms with Crippen LogP contribution in [-0.2, 0) is 0 Å². The zero-order valence-electron chi connectivity index (χ0n) is 12.6. The molecule has 0 amide bonds. The molecule has 2 atom stereocenters. The average molecular weight is 278 g/mol. The van der Waals surface area contributed by atoms with E-state index < -0.39 is 0 Å². The van der Waals surface area contributed by atoms with Crippen LogP contribution in [0.25, 0.3) is 0 Å². The predicted octanol–water partition coefficient (Wildman–Crippen LogP) is 2.58. The lowest BCUT2D eigenvalue weighted by molar-refractivity contribution is 0.235. The molecule has 1 aromatic rings. The maximum Gasteiger partial charge on any atom is 0.218 e. The lowest BCUT2D eigenvalue weighted by Crippen LogP contribution is -2.52. The van der Waals surface area contributed by atoms with Gasteiger partial charge >= 0.3 is 0 Å². The molecule has 1 aliphatic rings. The lowest BCUT2D eigenvalue weighted by Gasteiger charge is -2.43. The van der Waals surface area contributed by atoms with E-state index in [1.165, 1.54) is 19.3 Å². The van der Waals surface area contributed by atoms with Crippen molar-refractivity contribution in [1.29, 1.82) is 0 Å². The number of nitrogens with zero attached hydrogens (tertiary/aromatic N) is 2. The number of hydrogen-bond donors (Lipinski definition) is 2. The van der Waals surface area contributed by atoms with Crippen LogP contribution in [0.5, 0.6) is 5.88 Å². The molecular weight excluding hydrogens is 252 g/mol. The topological polar surface area (TPSA) is 73.1 Å². The Balaban J connectivity index is 2.10. The smallest absolute Gasteiger partial charge is 0.218 e. The predicted molar refractivity (Wildman–Crippen MR) is 80.9 cm³/mol. The van der Waals surface area contributed by atoms with E-state index in [0.717, 1.165) is 18.7 Å². The Morgan fingerprint density at radius 1 is 1.45 bits per heavy atom. The van der Waals surface area contributed by atoms with E-state index >= 15 is 0 Å². The molecule has 1 fully saturated rings. The van der Waals surface area contributed by atoms with E-state index in [2.05, 4.69) is 29.1 Å². The van der Waals surface area contributed by atoms with Gasteiger partial charge in [0.1, 0.15) is 12.1 Å². The number of rotatable bonds is 6. The summed E-state index contributed by atoms with van der Waals surface area (Å²) in [5, 5.41) is 3.55. The zero-order chi connectivity index (χ0) is 14.4. The van der Waals surface area contributed by atoms with Crippen molar-refractivity contribution in [2.45, 2.75) is 51.5 Å². The van der Waals surface area contributed by atoms with Crippen molar-refractivity contribution < 1.29 is 4.74 Å². The summed E-state index contributed by atoms with van der Waals surface area (Å²) in [5.41, 5.74) is 6.01. The van der Waals surface area contributed by atoms with Crippen molar-refractivity contribution in [3.63, 3.8) is 0 Å². The molecule has 5 heteroatoms. The van der Waals surface area contributed by atoms with E-state index in [-0.39, 0.29) is 5.54 Å². The van der Waals surface area contributed by atoms with Gasteiger partial charge in [-0.2, -0.15) is 0 Å². The van der Waals surface area contributed by atoms with Crippen LogP contribution in [0.3, 0.4) is 0 Å². The maximum atomic E-state index is 6.06. The Labute approximate surface area is 121 Å². The molecule has 1 aliphatic carbocycles. The van der Waals surface area contributed by atoms with Crippen LogP contribution in [0, 0.1) is 5.92 Å². The van der Waals surface area contributed by atoms with Gasteiger partial charge in [0.05, 0.1) is 12.1 Å². The Bertz CT molecular complexity index is 426. The van der Waals surface area contributed by atoms with Gasteiger partial charge in [-0.1, -0.05) is 26.7 Å². The molecule has 1 aromatic heterocycles. The van der Waals surface area contributed by atoms with E-state index in [4.69, 9.17) is 10.5 Å². The maximum absolute atomic E-state index is 6.06. The Kier molecular flexibility index (Phi) is 5.17. The number of nitrogens with two attached hydrogens (primary N) is 1. The molecule has 112 valence electrons. The second-order valence-electron chi connectivity index (χ2n) is 5.72. The molecule has 5 nitrogen and oxygen atoms in total. The van der Waals surface area contributed by atoms with E-state index in [1.54, 1.807) is 6.33 Å². The Morgan fingerprint density at radius 3 is 3.00 bits per heavy atom. The molecule has 20 heavy (non-hydrogen) atoms. The molecule has 0 bridgehead atoms. The first-order valence-corrected chi connectivity index (χ1v) is 7.63. The summed E-state index contributed by atoms with van der Waals surface area (Å²) in [6.07, 6.45) is 7.34. The van der Waals surface area contributed by atoms with Gasteiger partial charge in [-0.25, -0.2) is 9.97 Å². The molecule has 0 spiro atoms. The number of aromatic nitrogens is 2. The minimum Gasteiger partial charge on any atom is -0.478 e. The number of hydrogen-bond acceptors (Lipinski definition) is 5. The number of anilines is 1. The first kappa shape index (κ1) is 15.0. The second kappa shape index (κ2) is 6.88. The average Bonchev–Trinajstić information content (AvgIpc) is 2.48. The van der Waals surface area contributed by atoms with Gasteiger partial charge in [-0.15, -0.1) is 0 Å². The Hall–Kier alpha value is -1.36.